The SMILES string of the molecule is Cc1cc(C(=O)COc2cc([N+](=O)[O-])ccc2Cl)c(C)s1. The summed E-state index contributed by atoms with van der Waals surface area (Å²) in [5.74, 6) is -0.0526. The normalized spacial score (nSPS) is 10.4. The molecule has 0 amide bonds. The quantitative estimate of drug-likeness (QED) is 0.469. The summed E-state index contributed by atoms with van der Waals surface area (Å²) in [7, 11) is 0. The highest BCUT2D eigenvalue weighted by Crippen LogP contribution is 2.29. The van der Waals surface area contributed by atoms with Crippen LogP contribution in [0.1, 0.15) is 20.1 Å². The van der Waals surface area contributed by atoms with Crippen molar-refractivity contribution in [3.8, 4) is 5.75 Å². The number of hydrogen-bond donors (Lipinski definition) is 0. The average molecular weight is 326 g/mol. The molecule has 7 heteroatoms. The van der Waals surface area contributed by atoms with E-state index in [4.69, 9.17) is 16.3 Å². The fraction of sp³-hybridized carbons (Fsp3) is 0.214. The van der Waals surface area contributed by atoms with Crippen LogP contribution in [0.2, 0.25) is 5.02 Å². The minimum atomic E-state index is -0.544. The molecule has 0 bridgehead atoms. The second-order valence-electron chi connectivity index (χ2n) is 4.41. The van der Waals surface area contributed by atoms with Crippen LogP contribution in [0.15, 0.2) is 24.3 Å². The van der Waals surface area contributed by atoms with Gasteiger partial charge in [0.1, 0.15) is 5.75 Å². The Bertz CT molecular complexity index is 711. The molecule has 1 heterocycles. The van der Waals surface area contributed by atoms with Crippen molar-refractivity contribution in [3.05, 3.63) is 54.7 Å². The molecule has 0 aliphatic rings. The molecule has 0 spiro atoms. The van der Waals surface area contributed by atoms with Crippen molar-refractivity contribution in [3.63, 3.8) is 0 Å². The van der Waals surface area contributed by atoms with Gasteiger partial charge in [-0.15, -0.1) is 11.3 Å². The fourth-order valence-corrected chi connectivity index (χ4v) is 2.96. The minimum absolute atomic E-state index is 0.129. The third kappa shape index (κ3) is 3.59. The van der Waals surface area contributed by atoms with Crippen LogP contribution < -0.4 is 4.74 Å². The second kappa shape index (κ2) is 6.24. The van der Waals surface area contributed by atoms with E-state index < -0.39 is 4.92 Å². The van der Waals surface area contributed by atoms with Gasteiger partial charge in [0.25, 0.3) is 5.69 Å². The molecule has 0 aliphatic heterocycles. The van der Waals surface area contributed by atoms with E-state index in [0.717, 1.165) is 9.75 Å². The topological polar surface area (TPSA) is 69.4 Å². The number of halogens is 1. The highest BCUT2D eigenvalue weighted by atomic mass is 35.5. The predicted octanol–water partition coefficient (Wildman–Crippen LogP) is 4.19. The van der Waals surface area contributed by atoms with Crippen LogP contribution in [-0.2, 0) is 0 Å². The summed E-state index contributed by atoms with van der Waals surface area (Å²) in [5, 5.41) is 10.9. The summed E-state index contributed by atoms with van der Waals surface area (Å²) < 4.78 is 5.33. The van der Waals surface area contributed by atoms with Gasteiger partial charge in [0.05, 0.1) is 16.0 Å². The van der Waals surface area contributed by atoms with Crippen molar-refractivity contribution < 1.29 is 14.5 Å². The molecule has 5 nitrogen and oxygen atoms in total. The zero-order valence-electron chi connectivity index (χ0n) is 11.4. The lowest BCUT2D eigenvalue weighted by Gasteiger charge is -2.07. The maximum absolute atomic E-state index is 12.1. The van der Waals surface area contributed by atoms with Crippen molar-refractivity contribution in [1.82, 2.24) is 0 Å². The number of rotatable bonds is 5. The molecule has 0 unspecified atom stereocenters. The van der Waals surface area contributed by atoms with Gasteiger partial charge < -0.3 is 4.74 Å². The number of Topliss-reactive ketones (excluding diaryl/α,β-unsaturated/α-hetero) is 1. The highest BCUT2D eigenvalue weighted by molar-refractivity contribution is 7.12. The molecule has 0 saturated carbocycles. The third-order valence-corrected chi connectivity index (χ3v) is 4.10. The summed E-state index contributed by atoms with van der Waals surface area (Å²) in [6.45, 7) is 3.58. The number of carbonyl (C=O) groups excluding carboxylic acids is 1. The van der Waals surface area contributed by atoms with Gasteiger partial charge in [0, 0.05) is 21.4 Å². The van der Waals surface area contributed by atoms with Crippen LogP contribution in [-0.4, -0.2) is 17.3 Å². The van der Waals surface area contributed by atoms with Crippen molar-refractivity contribution in [2.45, 2.75) is 13.8 Å². The maximum atomic E-state index is 12.1. The number of aryl methyl sites for hydroxylation is 2. The average Bonchev–Trinajstić information content (AvgIpc) is 2.76. The Morgan fingerprint density at radius 1 is 1.38 bits per heavy atom. The van der Waals surface area contributed by atoms with Crippen LogP contribution >= 0.6 is 22.9 Å². The van der Waals surface area contributed by atoms with Crippen LogP contribution in [0, 0.1) is 24.0 Å². The number of ketones is 1. The summed E-state index contributed by atoms with van der Waals surface area (Å²) in [6, 6.07) is 5.67. The van der Waals surface area contributed by atoms with Gasteiger partial charge in [-0.3, -0.25) is 14.9 Å². The monoisotopic (exact) mass is 325 g/mol. The molecule has 0 aliphatic carbocycles. The van der Waals surface area contributed by atoms with E-state index in [1.165, 1.54) is 29.5 Å². The van der Waals surface area contributed by atoms with Gasteiger partial charge in [0.15, 0.2) is 6.61 Å². The molecule has 0 saturated heterocycles. The Morgan fingerprint density at radius 2 is 2.10 bits per heavy atom. The summed E-state index contributed by atoms with van der Waals surface area (Å²) >= 11 is 7.45. The first-order valence-corrected chi connectivity index (χ1v) is 7.25. The molecule has 21 heavy (non-hydrogen) atoms. The molecule has 1 aromatic heterocycles. The first-order valence-electron chi connectivity index (χ1n) is 6.05. The Labute approximate surface area is 130 Å². The predicted molar refractivity (Wildman–Crippen MR) is 81.7 cm³/mol. The molecule has 2 rings (SSSR count). The molecule has 2 aromatic rings. The van der Waals surface area contributed by atoms with E-state index in [1.807, 2.05) is 13.8 Å². The molecular weight excluding hydrogens is 314 g/mol. The molecular formula is C14H12ClNO4S. The lowest BCUT2D eigenvalue weighted by molar-refractivity contribution is -0.384. The van der Waals surface area contributed by atoms with Crippen molar-refractivity contribution in [1.29, 1.82) is 0 Å². The number of carbonyl (C=O) groups is 1. The maximum Gasteiger partial charge on any atom is 0.273 e. The first kappa shape index (κ1) is 15.5. The van der Waals surface area contributed by atoms with Crippen molar-refractivity contribution in [2.75, 3.05) is 6.61 Å². The number of non-ortho nitro benzene ring substituents is 1. The lowest BCUT2D eigenvalue weighted by atomic mass is 10.2. The number of benzene rings is 1. The van der Waals surface area contributed by atoms with Gasteiger partial charge in [-0.25, -0.2) is 0 Å². The minimum Gasteiger partial charge on any atom is -0.484 e. The van der Waals surface area contributed by atoms with Crippen LogP contribution in [0.25, 0.3) is 0 Å². The molecule has 1 aromatic carbocycles. The number of thiophene rings is 1. The summed E-state index contributed by atoms with van der Waals surface area (Å²) in [5.41, 5.74) is 0.475. The van der Waals surface area contributed by atoms with E-state index in [1.54, 1.807) is 6.07 Å². The van der Waals surface area contributed by atoms with Gasteiger partial charge in [-0.2, -0.15) is 0 Å². The van der Waals surface area contributed by atoms with Crippen LogP contribution in [0.3, 0.4) is 0 Å². The number of nitro groups is 1. The molecule has 110 valence electrons. The van der Waals surface area contributed by atoms with Gasteiger partial charge in [-0.1, -0.05) is 11.6 Å². The number of ether oxygens (including phenoxy) is 1. The van der Waals surface area contributed by atoms with Crippen LogP contribution in [0.5, 0.6) is 5.75 Å². The van der Waals surface area contributed by atoms with E-state index in [-0.39, 0.29) is 28.8 Å². The highest BCUT2D eigenvalue weighted by Gasteiger charge is 2.15. The summed E-state index contributed by atoms with van der Waals surface area (Å²) in [6.07, 6.45) is 0. The lowest BCUT2D eigenvalue weighted by Crippen LogP contribution is -2.12. The van der Waals surface area contributed by atoms with E-state index in [9.17, 15) is 14.9 Å². The molecule has 0 radical (unpaired) electrons. The largest absolute Gasteiger partial charge is 0.484 e. The molecule has 0 atom stereocenters. The molecule has 0 fully saturated rings. The van der Waals surface area contributed by atoms with Crippen molar-refractivity contribution in [2.24, 2.45) is 0 Å². The first-order chi connectivity index (χ1) is 9.88. The zero-order chi connectivity index (χ0) is 15.6. The zero-order valence-corrected chi connectivity index (χ0v) is 13.0. The van der Waals surface area contributed by atoms with Gasteiger partial charge in [-0.05, 0) is 26.0 Å². The Hall–Kier alpha value is -1.92. The Balaban J connectivity index is 2.13. The Kier molecular flexibility index (Phi) is 4.59. The standard InChI is InChI=1S/C14H12ClNO4S/c1-8-5-11(9(2)21-8)13(17)7-20-14-6-10(16(18)19)3-4-12(14)15/h3-6H,7H2,1-2H3. The van der Waals surface area contributed by atoms with E-state index >= 15 is 0 Å². The van der Waals surface area contributed by atoms with Crippen molar-refractivity contribution >= 4 is 34.4 Å². The van der Waals surface area contributed by atoms with Gasteiger partial charge in [0.2, 0.25) is 5.78 Å². The molecule has 0 N–H and O–H groups in total. The number of nitrogens with zero attached hydrogens (tertiary/aromatic N) is 1. The number of nitro benzene ring substituents is 1. The third-order valence-electron chi connectivity index (χ3n) is 2.83. The second-order valence-corrected chi connectivity index (χ2v) is 6.28. The smallest absolute Gasteiger partial charge is 0.273 e. The van der Waals surface area contributed by atoms with E-state index in [2.05, 4.69) is 0 Å². The van der Waals surface area contributed by atoms with Crippen LogP contribution in [0.4, 0.5) is 5.69 Å². The van der Waals surface area contributed by atoms with Gasteiger partial charge >= 0.3 is 0 Å². The fourth-order valence-electron chi connectivity index (χ4n) is 1.84. The number of hydrogen-bond acceptors (Lipinski definition) is 5. The van der Waals surface area contributed by atoms with E-state index in [0.29, 0.717) is 5.56 Å². The Morgan fingerprint density at radius 3 is 2.67 bits per heavy atom. The summed E-state index contributed by atoms with van der Waals surface area (Å²) in [4.78, 5) is 24.2.